The third-order valence-electron chi connectivity index (χ3n) is 3.50. The lowest BCUT2D eigenvalue weighted by molar-refractivity contribution is -0.132. The van der Waals surface area contributed by atoms with E-state index in [0.29, 0.717) is 13.0 Å². The molecule has 0 radical (unpaired) electrons. The Bertz CT molecular complexity index is 287. The largest absolute Gasteiger partial charge is 0.373 e. The monoisotopic (exact) mass is 226 g/mol. The molecule has 2 aliphatic rings. The van der Waals surface area contributed by atoms with Crippen molar-refractivity contribution in [2.45, 2.75) is 37.8 Å². The highest BCUT2D eigenvalue weighted by atomic mass is 16.5. The zero-order valence-corrected chi connectivity index (χ0v) is 9.57. The maximum Gasteiger partial charge on any atom is 0.242 e. The van der Waals surface area contributed by atoms with Crippen LogP contribution in [0.5, 0.6) is 0 Å². The minimum absolute atomic E-state index is 0.0213. The standard InChI is InChI=1S/C11H18N2O3/c1-9-5-11(3-2-4-16-11)7-13(9)10(15)6-12-8-14/h8-9H,2-7H2,1H3,(H,12,14). The van der Waals surface area contributed by atoms with E-state index in [0.717, 1.165) is 25.9 Å². The number of amides is 2. The Balaban J connectivity index is 1.96. The molecule has 16 heavy (non-hydrogen) atoms. The van der Waals surface area contributed by atoms with Crippen molar-refractivity contribution in [1.82, 2.24) is 10.2 Å². The predicted molar refractivity (Wildman–Crippen MR) is 57.8 cm³/mol. The summed E-state index contributed by atoms with van der Waals surface area (Å²) >= 11 is 0. The molecule has 2 atom stereocenters. The van der Waals surface area contributed by atoms with Crippen LogP contribution in [0.4, 0.5) is 0 Å². The average molecular weight is 226 g/mol. The van der Waals surface area contributed by atoms with Gasteiger partial charge in [0.1, 0.15) is 0 Å². The second kappa shape index (κ2) is 4.41. The highest BCUT2D eigenvalue weighted by Crippen LogP contribution is 2.37. The smallest absolute Gasteiger partial charge is 0.242 e. The van der Waals surface area contributed by atoms with Crippen molar-refractivity contribution in [3.63, 3.8) is 0 Å². The van der Waals surface area contributed by atoms with Crippen LogP contribution < -0.4 is 5.32 Å². The van der Waals surface area contributed by atoms with Crippen molar-refractivity contribution >= 4 is 12.3 Å². The number of rotatable bonds is 3. The summed E-state index contributed by atoms with van der Waals surface area (Å²) in [6.07, 6.45) is 3.60. The quantitative estimate of drug-likeness (QED) is 0.684. The van der Waals surface area contributed by atoms with E-state index in [1.54, 1.807) is 0 Å². The number of hydrogen-bond acceptors (Lipinski definition) is 3. The van der Waals surface area contributed by atoms with Gasteiger partial charge in [-0.2, -0.15) is 0 Å². The van der Waals surface area contributed by atoms with E-state index in [4.69, 9.17) is 4.74 Å². The fourth-order valence-electron chi connectivity index (χ4n) is 2.78. The summed E-state index contributed by atoms with van der Waals surface area (Å²) in [4.78, 5) is 23.8. The van der Waals surface area contributed by atoms with E-state index in [1.807, 2.05) is 11.8 Å². The Kier molecular flexibility index (Phi) is 3.14. The van der Waals surface area contributed by atoms with Crippen LogP contribution in [0.1, 0.15) is 26.2 Å². The minimum Gasteiger partial charge on any atom is -0.373 e. The summed E-state index contributed by atoms with van der Waals surface area (Å²) in [6, 6.07) is 0.207. The number of nitrogens with zero attached hydrogens (tertiary/aromatic N) is 1. The highest BCUT2D eigenvalue weighted by molar-refractivity contribution is 5.80. The fraction of sp³-hybridized carbons (Fsp3) is 0.818. The molecule has 5 nitrogen and oxygen atoms in total. The molecule has 0 aromatic heterocycles. The van der Waals surface area contributed by atoms with Gasteiger partial charge in [-0.25, -0.2) is 0 Å². The SMILES string of the molecule is CC1CC2(CCCO2)CN1C(=O)CNC=O. The second-order valence-electron chi connectivity index (χ2n) is 4.71. The molecule has 0 saturated carbocycles. The van der Waals surface area contributed by atoms with E-state index >= 15 is 0 Å². The van der Waals surface area contributed by atoms with Crippen LogP contribution in [-0.4, -0.2) is 48.6 Å². The third-order valence-corrected chi connectivity index (χ3v) is 3.50. The van der Waals surface area contributed by atoms with Crippen molar-refractivity contribution in [2.75, 3.05) is 19.7 Å². The molecule has 0 bridgehead atoms. The molecule has 1 spiro atoms. The molecule has 2 fully saturated rings. The minimum atomic E-state index is -0.101. The van der Waals surface area contributed by atoms with E-state index in [-0.39, 0.29) is 24.1 Å². The molecule has 5 heteroatoms. The van der Waals surface area contributed by atoms with Crippen LogP contribution >= 0.6 is 0 Å². The first-order chi connectivity index (χ1) is 7.67. The molecule has 2 aliphatic heterocycles. The maximum absolute atomic E-state index is 11.8. The van der Waals surface area contributed by atoms with Crippen LogP contribution in [0.2, 0.25) is 0 Å². The number of likely N-dealkylation sites (tertiary alicyclic amines) is 1. The fourth-order valence-corrected chi connectivity index (χ4v) is 2.78. The molecule has 0 aromatic carbocycles. The molecule has 2 rings (SSSR count). The van der Waals surface area contributed by atoms with Crippen molar-refractivity contribution in [3.05, 3.63) is 0 Å². The normalized spacial score (nSPS) is 33.3. The van der Waals surface area contributed by atoms with Gasteiger partial charge in [-0.3, -0.25) is 9.59 Å². The molecule has 0 aliphatic carbocycles. The number of nitrogens with one attached hydrogen (secondary N) is 1. The van der Waals surface area contributed by atoms with Gasteiger partial charge >= 0.3 is 0 Å². The van der Waals surface area contributed by atoms with Gasteiger partial charge < -0.3 is 15.0 Å². The molecule has 2 heterocycles. The summed E-state index contributed by atoms with van der Waals surface area (Å²) in [5.41, 5.74) is -0.101. The number of hydrogen-bond donors (Lipinski definition) is 1. The Labute approximate surface area is 95.1 Å². The summed E-state index contributed by atoms with van der Waals surface area (Å²) in [5.74, 6) is -0.0213. The zero-order valence-electron chi connectivity index (χ0n) is 9.57. The summed E-state index contributed by atoms with van der Waals surface area (Å²) in [5, 5.41) is 2.41. The van der Waals surface area contributed by atoms with Crippen LogP contribution in [0, 0.1) is 0 Å². The van der Waals surface area contributed by atoms with E-state index in [1.165, 1.54) is 0 Å². The Morgan fingerprint density at radius 2 is 2.50 bits per heavy atom. The lowest BCUT2D eigenvalue weighted by Gasteiger charge is -2.23. The molecular weight excluding hydrogens is 208 g/mol. The highest BCUT2D eigenvalue weighted by Gasteiger charge is 2.46. The summed E-state index contributed by atoms with van der Waals surface area (Å²) in [6.45, 7) is 3.61. The molecule has 2 amide bonds. The Hall–Kier alpha value is -1.10. The Morgan fingerprint density at radius 3 is 3.12 bits per heavy atom. The first-order valence-corrected chi connectivity index (χ1v) is 5.77. The summed E-state index contributed by atoms with van der Waals surface area (Å²) < 4.78 is 5.77. The predicted octanol–water partition coefficient (Wildman–Crippen LogP) is -0.0976. The van der Waals surface area contributed by atoms with Crippen LogP contribution in [-0.2, 0) is 14.3 Å². The lowest BCUT2D eigenvalue weighted by atomic mass is 9.97. The topological polar surface area (TPSA) is 58.6 Å². The van der Waals surface area contributed by atoms with Crippen LogP contribution in [0.3, 0.4) is 0 Å². The van der Waals surface area contributed by atoms with Gasteiger partial charge in [-0.05, 0) is 26.2 Å². The van der Waals surface area contributed by atoms with Gasteiger partial charge in [0.15, 0.2) is 0 Å². The second-order valence-corrected chi connectivity index (χ2v) is 4.71. The van der Waals surface area contributed by atoms with Gasteiger partial charge in [-0.1, -0.05) is 0 Å². The van der Waals surface area contributed by atoms with Crippen molar-refractivity contribution in [2.24, 2.45) is 0 Å². The zero-order chi connectivity index (χ0) is 11.6. The van der Waals surface area contributed by atoms with E-state index in [9.17, 15) is 9.59 Å². The average Bonchev–Trinajstić information content (AvgIpc) is 2.83. The lowest BCUT2D eigenvalue weighted by Crippen LogP contribution is -2.41. The number of carbonyl (C=O) groups excluding carboxylic acids is 2. The molecule has 2 saturated heterocycles. The van der Waals surface area contributed by atoms with Gasteiger partial charge in [0.05, 0.1) is 18.7 Å². The van der Waals surface area contributed by atoms with Gasteiger partial charge in [0.25, 0.3) is 0 Å². The summed E-state index contributed by atoms with van der Waals surface area (Å²) in [7, 11) is 0. The van der Waals surface area contributed by atoms with Gasteiger partial charge in [0, 0.05) is 12.6 Å². The van der Waals surface area contributed by atoms with E-state index < -0.39 is 0 Å². The maximum atomic E-state index is 11.8. The molecule has 90 valence electrons. The van der Waals surface area contributed by atoms with Crippen LogP contribution in [0.25, 0.3) is 0 Å². The molecule has 0 aromatic rings. The third kappa shape index (κ3) is 2.04. The molecule has 1 N–H and O–H groups in total. The van der Waals surface area contributed by atoms with Crippen LogP contribution in [0.15, 0.2) is 0 Å². The Morgan fingerprint density at radius 1 is 1.69 bits per heavy atom. The first kappa shape index (κ1) is 11.4. The molecule has 2 unspecified atom stereocenters. The van der Waals surface area contributed by atoms with Gasteiger partial charge in [0.2, 0.25) is 12.3 Å². The van der Waals surface area contributed by atoms with E-state index in [2.05, 4.69) is 5.32 Å². The molecular formula is C11H18N2O3. The number of carbonyl (C=O) groups is 2. The van der Waals surface area contributed by atoms with Crippen molar-refractivity contribution < 1.29 is 14.3 Å². The van der Waals surface area contributed by atoms with Gasteiger partial charge in [-0.15, -0.1) is 0 Å². The number of ether oxygens (including phenoxy) is 1. The van der Waals surface area contributed by atoms with Crippen molar-refractivity contribution in [1.29, 1.82) is 0 Å². The first-order valence-electron chi connectivity index (χ1n) is 5.77. The van der Waals surface area contributed by atoms with Crippen molar-refractivity contribution in [3.8, 4) is 0 Å².